The number of rotatable bonds is 5. The van der Waals surface area contributed by atoms with Crippen LogP contribution in [0.1, 0.15) is 0 Å². The van der Waals surface area contributed by atoms with E-state index in [0.717, 1.165) is 6.07 Å². The van der Waals surface area contributed by atoms with Crippen LogP contribution in [0.5, 0.6) is 0 Å². The summed E-state index contributed by atoms with van der Waals surface area (Å²) in [5.74, 6) is -0.0262. The van der Waals surface area contributed by atoms with Gasteiger partial charge in [-0.1, -0.05) is 6.07 Å². The van der Waals surface area contributed by atoms with E-state index in [9.17, 15) is 18.5 Å². The predicted octanol–water partition coefficient (Wildman–Crippen LogP) is 1.23. The van der Waals surface area contributed by atoms with Gasteiger partial charge in [-0.15, -0.1) is 5.10 Å². The second kappa shape index (κ2) is 5.71. The van der Waals surface area contributed by atoms with E-state index in [4.69, 9.17) is 0 Å². The summed E-state index contributed by atoms with van der Waals surface area (Å²) in [5, 5.41) is 20.8. The van der Waals surface area contributed by atoms with Crippen LogP contribution < -0.4 is 10.0 Å². The molecule has 1 aromatic heterocycles. The van der Waals surface area contributed by atoms with Crippen LogP contribution in [-0.2, 0) is 10.0 Å². The number of aromatic nitrogens is 2. The van der Waals surface area contributed by atoms with Gasteiger partial charge in [-0.05, 0) is 24.3 Å². The van der Waals surface area contributed by atoms with Crippen molar-refractivity contribution >= 4 is 27.2 Å². The van der Waals surface area contributed by atoms with Crippen molar-refractivity contribution in [3.63, 3.8) is 0 Å². The monoisotopic (exact) mass is 309 g/mol. The Balaban J connectivity index is 2.52. The minimum atomic E-state index is -4.16. The smallest absolute Gasteiger partial charge is 0.312 e. The number of hydrogen-bond acceptors (Lipinski definition) is 7. The van der Waals surface area contributed by atoms with Crippen LogP contribution >= 0.6 is 0 Å². The van der Waals surface area contributed by atoms with E-state index >= 15 is 0 Å². The lowest BCUT2D eigenvalue weighted by Crippen LogP contribution is -2.16. The van der Waals surface area contributed by atoms with Crippen LogP contribution in [0.2, 0.25) is 0 Å². The predicted molar refractivity (Wildman–Crippen MR) is 75.5 cm³/mol. The van der Waals surface area contributed by atoms with E-state index in [1.54, 1.807) is 0 Å². The number of para-hydroxylation sites is 1. The Bertz CT molecular complexity index is 763. The molecule has 1 heterocycles. The highest BCUT2D eigenvalue weighted by molar-refractivity contribution is 7.92. The van der Waals surface area contributed by atoms with E-state index < -0.39 is 25.5 Å². The average Bonchev–Trinajstić information content (AvgIpc) is 2.46. The van der Waals surface area contributed by atoms with Crippen LogP contribution in [-0.4, -0.2) is 30.6 Å². The zero-order chi connectivity index (χ0) is 15.5. The van der Waals surface area contributed by atoms with Gasteiger partial charge in [0.15, 0.2) is 10.7 Å². The Kier molecular flexibility index (Phi) is 3.98. The Hall–Kier alpha value is -2.75. The molecule has 0 fully saturated rings. The Labute approximate surface area is 120 Å². The van der Waals surface area contributed by atoms with Gasteiger partial charge >= 0.3 is 5.69 Å². The molecule has 21 heavy (non-hydrogen) atoms. The first-order chi connectivity index (χ1) is 9.95. The van der Waals surface area contributed by atoms with Crippen molar-refractivity contribution in [1.82, 2.24) is 10.2 Å². The summed E-state index contributed by atoms with van der Waals surface area (Å²) in [6.07, 6.45) is 1.38. The number of nitro groups is 1. The molecule has 9 nitrogen and oxygen atoms in total. The van der Waals surface area contributed by atoms with E-state index in [1.807, 2.05) is 0 Å². The third-order valence-electron chi connectivity index (χ3n) is 2.55. The van der Waals surface area contributed by atoms with Gasteiger partial charge in [0.25, 0.3) is 10.0 Å². The Morgan fingerprint density at radius 3 is 2.57 bits per heavy atom. The molecule has 0 spiro atoms. The van der Waals surface area contributed by atoms with Gasteiger partial charge in [-0.2, -0.15) is 5.10 Å². The third kappa shape index (κ3) is 3.05. The zero-order valence-electron chi connectivity index (χ0n) is 10.8. The number of hydrogen-bond donors (Lipinski definition) is 2. The van der Waals surface area contributed by atoms with Crippen molar-refractivity contribution in [1.29, 1.82) is 0 Å². The molecular formula is C11H11N5O4S. The van der Waals surface area contributed by atoms with Gasteiger partial charge in [0.05, 0.1) is 4.92 Å². The third-order valence-corrected chi connectivity index (χ3v) is 3.94. The molecule has 2 rings (SSSR count). The molecule has 0 bridgehead atoms. The van der Waals surface area contributed by atoms with Gasteiger partial charge in [0, 0.05) is 13.2 Å². The van der Waals surface area contributed by atoms with Crippen molar-refractivity contribution in [3.05, 3.63) is 46.6 Å². The van der Waals surface area contributed by atoms with Crippen LogP contribution in [0.25, 0.3) is 0 Å². The molecule has 0 amide bonds. The lowest BCUT2D eigenvalue weighted by Gasteiger charge is -2.09. The summed E-state index contributed by atoms with van der Waals surface area (Å²) in [4.78, 5) is 9.94. The molecule has 1 aromatic carbocycles. The lowest BCUT2D eigenvalue weighted by molar-refractivity contribution is -0.386. The summed E-state index contributed by atoms with van der Waals surface area (Å²) in [6, 6.07) is 6.85. The molecule has 2 N–H and O–H groups in total. The number of anilines is 2. The SMILES string of the molecule is CNc1cccc(S(=O)(=O)Nc2cccnn2)c1[N+](=O)[O-]. The number of benzene rings is 1. The second-order valence-corrected chi connectivity index (χ2v) is 5.52. The summed E-state index contributed by atoms with van der Waals surface area (Å²) in [6.45, 7) is 0. The average molecular weight is 309 g/mol. The normalized spacial score (nSPS) is 10.9. The highest BCUT2D eigenvalue weighted by atomic mass is 32.2. The van der Waals surface area contributed by atoms with Crippen LogP contribution in [0.3, 0.4) is 0 Å². The second-order valence-electron chi connectivity index (χ2n) is 3.87. The lowest BCUT2D eigenvalue weighted by atomic mass is 10.3. The van der Waals surface area contributed by atoms with E-state index in [2.05, 4.69) is 20.2 Å². The Morgan fingerprint density at radius 2 is 2.00 bits per heavy atom. The zero-order valence-corrected chi connectivity index (χ0v) is 11.7. The summed E-state index contributed by atoms with van der Waals surface area (Å²) in [7, 11) is -2.69. The first-order valence-electron chi connectivity index (χ1n) is 5.71. The van der Waals surface area contributed by atoms with Crippen LogP contribution in [0, 0.1) is 10.1 Å². The maximum Gasteiger partial charge on any atom is 0.312 e. The van der Waals surface area contributed by atoms with Crippen LogP contribution in [0.4, 0.5) is 17.2 Å². The summed E-state index contributed by atoms with van der Waals surface area (Å²) >= 11 is 0. The highest BCUT2D eigenvalue weighted by Crippen LogP contribution is 2.32. The molecule has 0 saturated carbocycles. The molecular weight excluding hydrogens is 298 g/mol. The molecule has 0 radical (unpaired) electrons. The fraction of sp³-hybridized carbons (Fsp3) is 0.0909. The van der Waals surface area contributed by atoms with Gasteiger partial charge in [-0.25, -0.2) is 8.42 Å². The van der Waals surface area contributed by atoms with E-state index in [-0.39, 0.29) is 11.5 Å². The Morgan fingerprint density at radius 1 is 1.24 bits per heavy atom. The molecule has 0 aliphatic rings. The number of sulfonamides is 1. The first kappa shape index (κ1) is 14.7. The maximum absolute atomic E-state index is 12.3. The molecule has 0 aliphatic heterocycles. The quantitative estimate of drug-likeness (QED) is 0.628. The first-order valence-corrected chi connectivity index (χ1v) is 7.19. The van der Waals surface area contributed by atoms with Gasteiger partial charge in [0.1, 0.15) is 5.69 Å². The summed E-state index contributed by atoms with van der Waals surface area (Å²) < 4.78 is 26.7. The molecule has 10 heteroatoms. The topological polar surface area (TPSA) is 127 Å². The highest BCUT2D eigenvalue weighted by Gasteiger charge is 2.29. The van der Waals surface area contributed by atoms with Gasteiger partial charge < -0.3 is 5.32 Å². The van der Waals surface area contributed by atoms with Crippen molar-refractivity contribution in [2.24, 2.45) is 0 Å². The molecule has 2 aromatic rings. The van der Waals surface area contributed by atoms with Crippen molar-refractivity contribution in [3.8, 4) is 0 Å². The molecule has 110 valence electrons. The maximum atomic E-state index is 12.3. The van der Waals surface area contributed by atoms with E-state index in [1.165, 1.54) is 37.5 Å². The van der Waals surface area contributed by atoms with Crippen molar-refractivity contribution in [2.45, 2.75) is 4.90 Å². The fourth-order valence-electron chi connectivity index (χ4n) is 1.68. The minimum Gasteiger partial charge on any atom is -0.383 e. The summed E-state index contributed by atoms with van der Waals surface area (Å²) in [5.41, 5.74) is -0.432. The molecule has 0 unspecified atom stereocenters. The van der Waals surface area contributed by atoms with E-state index in [0.29, 0.717) is 0 Å². The van der Waals surface area contributed by atoms with Crippen molar-refractivity contribution < 1.29 is 13.3 Å². The molecule has 0 aliphatic carbocycles. The molecule has 0 saturated heterocycles. The number of nitrogens with one attached hydrogen (secondary N) is 2. The number of nitro benzene ring substituents is 1. The fourth-order valence-corrected chi connectivity index (χ4v) is 2.87. The largest absolute Gasteiger partial charge is 0.383 e. The van der Waals surface area contributed by atoms with Gasteiger partial charge in [-0.3, -0.25) is 14.8 Å². The van der Waals surface area contributed by atoms with Crippen molar-refractivity contribution in [2.75, 3.05) is 17.1 Å². The van der Waals surface area contributed by atoms with Gasteiger partial charge in [0.2, 0.25) is 0 Å². The minimum absolute atomic E-state index is 0.0262. The number of nitrogens with zero attached hydrogens (tertiary/aromatic N) is 3. The molecule has 0 atom stereocenters. The van der Waals surface area contributed by atoms with Crippen LogP contribution in [0.15, 0.2) is 41.4 Å². The standard InChI is InChI=1S/C11H11N5O4S/c1-12-8-4-2-5-9(11(8)16(17)18)21(19,20)15-10-6-3-7-13-14-10/h2-7,12H,1H3,(H,14,15).